The molecule has 0 aliphatic rings. The lowest BCUT2D eigenvalue weighted by atomic mass is 10.2. The second-order valence-corrected chi connectivity index (χ2v) is 4.20. The number of ether oxygens (including phenoxy) is 1. The number of hydrogen-bond donors (Lipinski definition) is 3. The molecule has 0 heterocycles. The molecule has 0 radical (unpaired) electrons. The third-order valence-electron chi connectivity index (χ3n) is 2.50. The van der Waals surface area contributed by atoms with Crippen LogP contribution < -0.4 is 21.1 Å². The van der Waals surface area contributed by atoms with E-state index in [1.807, 2.05) is 19.1 Å². The molecule has 0 aliphatic heterocycles. The van der Waals surface area contributed by atoms with Crippen LogP contribution in [0.5, 0.6) is 5.75 Å². The van der Waals surface area contributed by atoms with Crippen molar-refractivity contribution in [2.24, 2.45) is 5.73 Å². The maximum atomic E-state index is 11.3. The fraction of sp³-hybridized carbons (Fsp3) is 0.429. The van der Waals surface area contributed by atoms with Crippen molar-refractivity contribution in [3.63, 3.8) is 0 Å². The number of hydrogen-bond acceptors (Lipinski definition) is 4. The van der Waals surface area contributed by atoms with Crippen LogP contribution in [-0.4, -0.2) is 31.5 Å². The van der Waals surface area contributed by atoms with E-state index < -0.39 is 0 Å². The number of carbonyl (C=O) groups excluding carboxylic acids is 2. The van der Waals surface area contributed by atoms with Gasteiger partial charge in [0.1, 0.15) is 5.75 Å². The Labute approximate surface area is 118 Å². The fourth-order valence-electron chi connectivity index (χ4n) is 1.56. The lowest BCUT2D eigenvalue weighted by molar-refractivity contribution is -0.123. The summed E-state index contributed by atoms with van der Waals surface area (Å²) >= 11 is 0. The zero-order valence-corrected chi connectivity index (χ0v) is 11.6. The van der Waals surface area contributed by atoms with Gasteiger partial charge < -0.3 is 21.1 Å². The van der Waals surface area contributed by atoms with Gasteiger partial charge in [-0.2, -0.15) is 0 Å². The van der Waals surface area contributed by atoms with Crippen LogP contribution in [-0.2, 0) is 16.1 Å². The van der Waals surface area contributed by atoms with Gasteiger partial charge in [0.15, 0.2) is 6.61 Å². The molecule has 0 aromatic heterocycles. The molecule has 0 saturated carbocycles. The minimum absolute atomic E-state index is 0.0170. The Morgan fingerprint density at radius 2 is 2.05 bits per heavy atom. The lowest BCUT2D eigenvalue weighted by Gasteiger charge is -2.09. The first-order valence-corrected chi connectivity index (χ1v) is 6.61. The maximum absolute atomic E-state index is 11.3. The summed E-state index contributed by atoms with van der Waals surface area (Å²) in [5, 5.41) is 5.41. The van der Waals surface area contributed by atoms with Gasteiger partial charge in [0.2, 0.25) is 5.91 Å². The molecule has 2 amide bonds. The summed E-state index contributed by atoms with van der Waals surface area (Å²) in [5.41, 5.74) is 6.20. The summed E-state index contributed by atoms with van der Waals surface area (Å²) in [5.74, 6) is 0.358. The molecule has 1 aromatic carbocycles. The highest BCUT2D eigenvalue weighted by molar-refractivity contribution is 5.77. The summed E-state index contributed by atoms with van der Waals surface area (Å²) in [6.45, 7) is 3.16. The molecule has 4 N–H and O–H groups in total. The van der Waals surface area contributed by atoms with E-state index >= 15 is 0 Å². The van der Waals surface area contributed by atoms with Crippen LogP contribution in [0, 0.1) is 0 Å². The number of rotatable bonds is 8. The zero-order chi connectivity index (χ0) is 14.8. The third-order valence-corrected chi connectivity index (χ3v) is 2.50. The minimum atomic E-state index is -0.158. The quantitative estimate of drug-likeness (QED) is 0.632. The molecule has 0 spiro atoms. The first-order valence-electron chi connectivity index (χ1n) is 6.61. The second kappa shape index (κ2) is 8.92. The van der Waals surface area contributed by atoms with Crippen LogP contribution >= 0.6 is 0 Å². The van der Waals surface area contributed by atoms with Gasteiger partial charge in [-0.1, -0.05) is 12.1 Å². The average molecular weight is 279 g/mol. The first kappa shape index (κ1) is 16.0. The number of nitrogens with two attached hydrogens (primary N) is 1. The van der Waals surface area contributed by atoms with Crippen molar-refractivity contribution in [1.29, 1.82) is 0 Å². The van der Waals surface area contributed by atoms with E-state index in [0.717, 1.165) is 5.56 Å². The van der Waals surface area contributed by atoms with Gasteiger partial charge in [-0.25, -0.2) is 0 Å². The summed E-state index contributed by atoms with van der Waals surface area (Å²) in [7, 11) is 0. The Hall–Kier alpha value is -2.08. The molecular formula is C14H21N3O3. The molecule has 0 saturated heterocycles. The van der Waals surface area contributed by atoms with Gasteiger partial charge in [0.25, 0.3) is 5.91 Å². The predicted octanol–water partition coefficient (Wildman–Crippen LogP) is 0.167. The maximum Gasteiger partial charge on any atom is 0.257 e. The molecule has 1 rings (SSSR count). The lowest BCUT2D eigenvalue weighted by Crippen LogP contribution is -2.28. The Bertz CT molecular complexity index is 412. The number of likely N-dealkylation sites (N-methyl/N-ethyl adjacent to an activating group) is 1. The Kier molecular flexibility index (Phi) is 7.13. The van der Waals surface area contributed by atoms with E-state index in [9.17, 15) is 9.59 Å². The standard InChI is InChI=1S/C14H21N3O3/c1-2-16-14(19)10-20-12-5-3-4-11(8-12)9-17-13(18)6-7-15/h3-5,8H,2,6-7,9-10,15H2,1H3,(H,16,19)(H,17,18). The molecule has 110 valence electrons. The topological polar surface area (TPSA) is 93.5 Å². The summed E-state index contributed by atoms with van der Waals surface area (Å²) in [6.07, 6.45) is 0.313. The zero-order valence-electron chi connectivity index (χ0n) is 11.6. The van der Waals surface area contributed by atoms with Crippen LogP contribution in [0.4, 0.5) is 0 Å². The molecule has 20 heavy (non-hydrogen) atoms. The molecule has 0 atom stereocenters. The highest BCUT2D eigenvalue weighted by Crippen LogP contribution is 2.13. The van der Waals surface area contributed by atoms with Crippen molar-refractivity contribution in [2.75, 3.05) is 19.7 Å². The molecule has 0 fully saturated rings. The molecule has 0 bridgehead atoms. The molecular weight excluding hydrogens is 258 g/mol. The monoisotopic (exact) mass is 279 g/mol. The smallest absolute Gasteiger partial charge is 0.257 e. The van der Waals surface area contributed by atoms with Crippen molar-refractivity contribution in [3.05, 3.63) is 29.8 Å². The second-order valence-electron chi connectivity index (χ2n) is 4.20. The van der Waals surface area contributed by atoms with Crippen molar-refractivity contribution in [1.82, 2.24) is 10.6 Å². The van der Waals surface area contributed by atoms with E-state index in [1.54, 1.807) is 12.1 Å². The van der Waals surface area contributed by atoms with Crippen LogP contribution in [0.2, 0.25) is 0 Å². The normalized spacial score (nSPS) is 9.90. The predicted molar refractivity (Wildman–Crippen MR) is 76.1 cm³/mol. The van der Waals surface area contributed by atoms with Gasteiger partial charge in [-0.3, -0.25) is 9.59 Å². The van der Waals surface area contributed by atoms with Crippen LogP contribution in [0.1, 0.15) is 18.9 Å². The van der Waals surface area contributed by atoms with E-state index in [-0.39, 0.29) is 18.4 Å². The Morgan fingerprint density at radius 3 is 2.75 bits per heavy atom. The van der Waals surface area contributed by atoms with Gasteiger partial charge >= 0.3 is 0 Å². The molecule has 0 aliphatic carbocycles. The minimum Gasteiger partial charge on any atom is -0.484 e. The molecule has 1 aromatic rings. The van der Waals surface area contributed by atoms with Gasteiger partial charge in [0.05, 0.1) is 0 Å². The number of nitrogens with one attached hydrogen (secondary N) is 2. The van der Waals surface area contributed by atoms with Crippen molar-refractivity contribution < 1.29 is 14.3 Å². The number of carbonyl (C=O) groups is 2. The van der Waals surface area contributed by atoms with Gasteiger partial charge in [-0.15, -0.1) is 0 Å². The Balaban J connectivity index is 2.45. The summed E-state index contributed by atoms with van der Waals surface area (Å²) in [4.78, 5) is 22.6. The van der Waals surface area contributed by atoms with E-state index in [1.165, 1.54) is 0 Å². The molecule has 6 heteroatoms. The van der Waals surface area contributed by atoms with Crippen LogP contribution in [0.25, 0.3) is 0 Å². The molecule has 0 unspecified atom stereocenters. The third kappa shape index (κ3) is 6.19. The van der Waals surface area contributed by atoms with Crippen molar-refractivity contribution >= 4 is 11.8 Å². The van der Waals surface area contributed by atoms with Crippen LogP contribution in [0.15, 0.2) is 24.3 Å². The highest BCUT2D eigenvalue weighted by atomic mass is 16.5. The number of benzene rings is 1. The number of amides is 2. The van der Waals surface area contributed by atoms with Gasteiger partial charge in [-0.05, 0) is 24.6 Å². The fourth-order valence-corrected chi connectivity index (χ4v) is 1.56. The van der Waals surface area contributed by atoms with E-state index in [4.69, 9.17) is 10.5 Å². The van der Waals surface area contributed by atoms with Crippen molar-refractivity contribution in [2.45, 2.75) is 19.9 Å². The molecule has 6 nitrogen and oxygen atoms in total. The highest BCUT2D eigenvalue weighted by Gasteiger charge is 2.03. The first-order chi connectivity index (χ1) is 9.65. The average Bonchev–Trinajstić information content (AvgIpc) is 2.44. The largest absolute Gasteiger partial charge is 0.484 e. The Morgan fingerprint density at radius 1 is 1.25 bits per heavy atom. The van der Waals surface area contributed by atoms with Crippen molar-refractivity contribution in [3.8, 4) is 5.75 Å². The summed E-state index contributed by atoms with van der Waals surface area (Å²) < 4.78 is 5.37. The van der Waals surface area contributed by atoms with Crippen LogP contribution in [0.3, 0.4) is 0 Å². The van der Waals surface area contributed by atoms with E-state index in [0.29, 0.717) is 31.8 Å². The SMILES string of the molecule is CCNC(=O)COc1cccc(CNC(=O)CCN)c1. The van der Waals surface area contributed by atoms with Gasteiger partial charge in [0, 0.05) is 26.1 Å². The summed E-state index contributed by atoms with van der Waals surface area (Å²) in [6, 6.07) is 7.26. The van der Waals surface area contributed by atoms with E-state index in [2.05, 4.69) is 10.6 Å².